The maximum Gasteiger partial charge on any atom is 0.277 e. The van der Waals surface area contributed by atoms with E-state index in [0.717, 1.165) is 28.6 Å². The molecule has 0 bridgehead atoms. The van der Waals surface area contributed by atoms with E-state index in [0.29, 0.717) is 11.6 Å². The average molecular weight is 387 g/mol. The summed E-state index contributed by atoms with van der Waals surface area (Å²) in [6.45, 7) is 4.11. The van der Waals surface area contributed by atoms with Crippen molar-refractivity contribution in [3.8, 4) is 5.75 Å². The van der Waals surface area contributed by atoms with E-state index in [9.17, 15) is 9.18 Å². The lowest BCUT2D eigenvalue weighted by molar-refractivity contribution is -0.113. The SMILES string of the molecule is Cc1ccc(C)c(OCc2nnc(SCC(=O)Nc3ccc(F)cc3)o2)c1. The highest BCUT2D eigenvalue weighted by molar-refractivity contribution is 7.99. The zero-order valence-electron chi connectivity index (χ0n) is 14.9. The summed E-state index contributed by atoms with van der Waals surface area (Å²) in [5.41, 5.74) is 2.65. The van der Waals surface area contributed by atoms with Crippen molar-refractivity contribution in [2.45, 2.75) is 25.7 Å². The second-order valence-corrected chi connectivity index (χ2v) is 6.79. The van der Waals surface area contributed by atoms with Crippen LogP contribution in [0.4, 0.5) is 10.1 Å². The van der Waals surface area contributed by atoms with E-state index in [1.54, 1.807) is 0 Å². The number of ether oxygens (including phenoxy) is 1. The van der Waals surface area contributed by atoms with Crippen LogP contribution in [0.5, 0.6) is 5.75 Å². The van der Waals surface area contributed by atoms with E-state index >= 15 is 0 Å². The number of hydrogen-bond donors (Lipinski definition) is 1. The molecule has 27 heavy (non-hydrogen) atoms. The van der Waals surface area contributed by atoms with Crippen molar-refractivity contribution in [3.63, 3.8) is 0 Å². The molecule has 8 heteroatoms. The lowest BCUT2D eigenvalue weighted by Crippen LogP contribution is -2.13. The van der Waals surface area contributed by atoms with Crippen LogP contribution in [0.2, 0.25) is 0 Å². The van der Waals surface area contributed by atoms with Gasteiger partial charge in [0.15, 0.2) is 6.61 Å². The first-order valence-electron chi connectivity index (χ1n) is 8.20. The molecule has 3 rings (SSSR count). The number of carbonyl (C=O) groups excluding carboxylic acids is 1. The maximum absolute atomic E-state index is 12.9. The molecule has 2 aromatic carbocycles. The second-order valence-electron chi connectivity index (χ2n) is 5.86. The number of carbonyl (C=O) groups is 1. The fourth-order valence-corrected chi connectivity index (χ4v) is 2.80. The first-order valence-corrected chi connectivity index (χ1v) is 9.19. The molecular formula is C19H18FN3O3S. The topological polar surface area (TPSA) is 77.2 Å². The number of halogens is 1. The van der Waals surface area contributed by atoms with Gasteiger partial charge < -0.3 is 14.5 Å². The number of thioether (sulfide) groups is 1. The Bertz CT molecular complexity index is 928. The summed E-state index contributed by atoms with van der Waals surface area (Å²) in [6, 6.07) is 11.5. The smallest absolute Gasteiger partial charge is 0.277 e. The number of aryl methyl sites for hydroxylation is 2. The molecule has 6 nitrogen and oxygen atoms in total. The number of amides is 1. The molecule has 0 fully saturated rings. The Balaban J connectivity index is 1.48. The highest BCUT2D eigenvalue weighted by Gasteiger charge is 2.11. The Hall–Kier alpha value is -2.87. The van der Waals surface area contributed by atoms with Gasteiger partial charge in [-0.15, -0.1) is 10.2 Å². The molecule has 3 aromatic rings. The van der Waals surface area contributed by atoms with Crippen molar-refractivity contribution in [1.29, 1.82) is 0 Å². The summed E-state index contributed by atoms with van der Waals surface area (Å²) >= 11 is 1.12. The molecule has 0 atom stereocenters. The van der Waals surface area contributed by atoms with Crippen LogP contribution in [0.25, 0.3) is 0 Å². The first kappa shape index (κ1) is 18.9. The van der Waals surface area contributed by atoms with Gasteiger partial charge in [-0.3, -0.25) is 4.79 Å². The van der Waals surface area contributed by atoms with Crippen LogP contribution in [0.15, 0.2) is 52.1 Å². The number of aromatic nitrogens is 2. The predicted molar refractivity (Wildman–Crippen MR) is 100 cm³/mol. The van der Waals surface area contributed by atoms with Crippen LogP contribution in [0.3, 0.4) is 0 Å². The number of hydrogen-bond acceptors (Lipinski definition) is 6. The van der Waals surface area contributed by atoms with Gasteiger partial charge in [0.2, 0.25) is 5.91 Å². The van der Waals surface area contributed by atoms with Crippen LogP contribution in [0.1, 0.15) is 17.0 Å². The Morgan fingerprint density at radius 1 is 1.19 bits per heavy atom. The van der Waals surface area contributed by atoms with E-state index in [1.807, 2.05) is 32.0 Å². The van der Waals surface area contributed by atoms with Crippen LogP contribution in [-0.2, 0) is 11.4 Å². The maximum atomic E-state index is 12.9. The lowest BCUT2D eigenvalue weighted by Gasteiger charge is -2.07. The largest absolute Gasteiger partial charge is 0.484 e. The third-order valence-electron chi connectivity index (χ3n) is 3.60. The Morgan fingerprint density at radius 2 is 1.96 bits per heavy atom. The molecule has 0 aliphatic carbocycles. The average Bonchev–Trinajstić information content (AvgIpc) is 3.11. The fraction of sp³-hybridized carbons (Fsp3) is 0.211. The summed E-state index contributed by atoms with van der Waals surface area (Å²) in [5.74, 6) is 0.580. The number of nitrogens with zero attached hydrogens (tertiary/aromatic N) is 2. The molecule has 1 N–H and O–H groups in total. The lowest BCUT2D eigenvalue weighted by atomic mass is 10.1. The van der Waals surface area contributed by atoms with Crippen molar-refractivity contribution < 1.29 is 18.3 Å². The van der Waals surface area contributed by atoms with E-state index < -0.39 is 0 Å². The van der Waals surface area contributed by atoms with Gasteiger partial charge >= 0.3 is 0 Å². The van der Waals surface area contributed by atoms with Gasteiger partial charge in [-0.25, -0.2) is 4.39 Å². The Labute approximate surface area is 160 Å². The van der Waals surface area contributed by atoms with Crippen molar-refractivity contribution in [1.82, 2.24) is 10.2 Å². The molecule has 0 spiro atoms. The van der Waals surface area contributed by atoms with Gasteiger partial charge in [-0.1, -0.05) is 23.9 Å². The van der Waals surface area contributed by atoms with Gasteiger partial charge in [-0.2, -0.15) is 0 Å². The predicted octanol–water partition coefficient (Wildman–Crippen LogP) is 4.14. The third kappa shape index (κ3) is 5.55. The monoisotopic (exact) mass is 387 g/mol. The van der Waals surface area contributed by atoms with Crippen LogP contribution >= 0.6 is 11.8 Å². The Kier molecular flexibility index (Phi) is 6.08. The highest BCUT2D eigenvalue weighted by atomic mass is 32.2. The van der Waals surface area contributed by atoms with Crippen molar-refractivity contribution in [3.05, 3.63) is 65.3 Å². The molecule has 0 radical (unpaired) electrons. The molecule has 0 aliphatic heterocycles. The summed E-state index contributed by atoms with van der Waals surface area (Å²) in [4.78, 5) is 11.9. The molecule has 1 aromatic heterocycles. The molecular weight excluding hydrogens is 369 g/mol. The summed E-state index contributed by atoms with van der Waals surface area (Å²) in [6.07, 6.45) is 0. The molecule has 0 unspecified atom stereocenters. The summed E-state index contributed by atoms with van der Waals surface area (Å²) in [5, 5.41) is 10.8. The second kappa shape index (κ2) is 8.68. The third-order valence-corrected chi connectivity index (χ3v) is 4.42. The van der Waals surface area contributed by atoms with E-state index in [2.05, 4.69) is 15.5 Å². The van der Waals surface area contributed by atoms with Crippen molar-refractivity contribution >= 4 is 23.4 Å². The molecule has 1 heterocycles. The van der Waals surface area contributed by atoms with E-state index in [4.69, 9.17) is 9.15 Å². The molecule has 0 aliphatic rings. The van der Waals surface area contributed by atoms with E-state index in [1.165, 1.54) is 24.3 Å². The van der Waals surface area contributed by atoms with Crippen molar-refractivity contribution in [2.75, 3.05) is 11.1 Å². The quantitative estimate of drug-likeness (QED) is 0.614. The first-order chi connectivity index (χ1) is 13.0. The van der Waals surface area contributed by atoms with E-state index in [-0.39, 0.29) is 29.3 Å². The van der Waals surface area contributed by atoms with Gasteiger partial charge in [0.25, 0.3) is 11.1 Å². The highest BCUT2D eigenvalue weighted by Crippen LogP contribution is 2.21. The van der Waals surface area contributed by atoms with Gasteiger partial charge in [-0.05, 0) is 55.3 Å². The molecule has 140 valence electrons. The Morgan fingerprint density at radius 3 is 2.74 bits per heavy atom. The summed E-state index contributed by atoms with van der Waals surface area (Å²) < 4.78 is 24.0. The van der Waals surface area contributed by atoms with Crippen LogP contribution in [-0.4, -0.2) is 21.9 Å². The molecule has 0 saturated carbocycles. The van der Waals surface area contributed by atoms with Crippen LogP contribution in [0, 0.1) is 19.7 Å². The minimum absolute atomic E-state index is 0.0941. The minimum atomic E-state index is -0.358. The number of nitrogens with one attached hydrogen (secondary N) is 1. The minimum Gasteiger partial charge on any atom is -0.484 e. The number of benzene rings is 2. The molecule has 1 amide bonds. The zero-order valence-corrected chi connectivity index (χ0v) is 15.7. The number of rotatable bonds is 7. The van der Waals surface area contributed by atoms with Gasteiger partial charge in [0, 0.05) is 5.69 Å². The fourth-order valence-electron chi connectivity index (χ4n) is 2.21. The summed E-state index contributed by atoms with van der Waals surface area (Å²) in [7, 11) is 0. The standard InChI is InChI=1S/C19H18FN3O3S/c1-12-3-4-13(2)16(9-12)25-10-18-22-23-19(26-18)27-11-17(24)21-15-7-5-14(20)6-8-15/h3-9H,10-11H2,1-2H3,(H,21,24). The zero-order chi connectivity index (χ0) is 19.2. The van der Waals surface area contributed by atoms with Crippen molar-refractivity contribution in [2.24, 2.45) is 0 Å². The van der Waals surface area contributed by atoms with Gasteiger partial charge in [0.1, 0.15) is 11.6 Å². The number of anilines is 1. The van der Waals surface area contributed by atoms with Gasteiger partial charge in [0.05, 0.1) is 5.75 Å². The van der Waals surface area contributed by atoms with Crippen LogP contribution < -0.4 is 10.1 Å². The normalized spacial score (nSPS) is 10.6. The molecule has 0 saturated heterocycles.